The second kappa shape index (κ2) is 44.8. The molecule has 23 nitrogen and oxygen atoms in total. The molecule has 780 valence electrons. The van der Waals surface area contributed by atoms with Gasteiger partial charge in [0.25, 0.3) is 0 Å². The van der Waals surface area contributed by atoms with E-state index in [9.17, 15) is 45.0 Å². The lowest BCUT2D eigenvalue weighted by Crippen LogP contribution is -2.55. The number of Topliss-reactive ketones (excluding diaryl/α,β-unsaturated/α-hetero) is 4. The first-order valence-corrected chi connectivity index (χ1v) is 53.1. The number of nitrogens with zero attached hydrogens (tertiary/aromatic N) is 16. The zero-order chi connectivity index (χ0) is 108. The summed E-state index contributed by atoms with van der Waals surface area (Å²) in [4.78, 5) is 94.9. The largest absolute Gasteiger partial charge is 0.495 e. The summed E-state index contributed by atoms with van der Waals surface area (Å²) < 4.78 is 18.9. The molecule has 0 bridgehead atoms. The Morgan fingerprint density at radius 1 is 0.403 bits per heavy atom. The summed E-state index contributed by atoms with van der Waals surface area (Å²) in [5.74, 6) is 4.05. The Bertz CT molecular complexity index is 7380. The number of fused-ring (bicyclic) bond motifs is 4. The van der Waals surface area contributed by atoms with E-state index in [2.05, 4.69) is 252 Å². The summed E-state index contributed by atoms with van der Waals surface area (Å²) >= 11 is 0. The minimum atomic E-state index is -0.274. The Labute approximate surface area is 883 Å². The highest BCUT2D eigenvalue weighted by atomic mass is 16.5. The predicted molar refractivity (Wildman–Crippen MR) is 595 cm³/mol. The molecule has 1 amide bonds. The predicted octanol–water partition coefficient (Wildman–Crippen LogP) is 25.8. The molecule has 0 radical (unpaired) electrons. The van der Waals surface area contributed by atoms with Gasteiger partial charge in [-0.1, -0.05) is 112 Å². The van der Waals surface area contributed by atoms with Crippen LogP contribution in [0.2, 0.25) is 0 Å². The Hall–Kier alpha value is -14.0. The molecule has 4 aliphatic heterocycles. The number of methoxy groups -OCH3 is 2. The average molecular weight is 2000 g/mol. The number of ether oxygens (including phenoxy) is 2. The van der Waals surface area contributed by atoms with Crippen LogP contribution < -0.4 is 9.47 Å². The minimum Gasteiger partial charge on any atom is -0.495 e. The second-order valence-corrected chi connectivity index (χ2v) is 46.9. The molecule has 8 aromatic heterocycles. The molecule has 12 aromatic rings. The third-order valence-electron chi connectivity index (χ3n) is 33.4. The van der Waals surface area contributed by atoms with Gasteiger partial charge in [-0.2, -0.15) is 21.0 Å². The number of pyridine rings is 4. The zero-order valence-electron chi connectivity index (χ0n) is 93.1. The first-order chi connectivity index (χ1) is 70.4. The lowest BCUT2D eigenvalue weighted by Gasteiger charge is -2.49. The fraction of sp³-hybridized carbons (Fsp3) is 0.468. The van der Waals surface area contributed by atoms with E-state index >= 15 is 0 Å². The molecule has 1 saturated carbocycles. The molecule has 17 rings (SSSR count). The Balaban J connectivity index is 0.000000157. The van der Waals surface area contributed by atoms with Crippen molar-refractivity contribution in [1.82, 2.24) is 57.8 Å². The normalized spacial score (nSPS) is 18.1. The van der Waals surface area contributed by atoms with Gasteiger partial charge >= 0.3 is 0 Å². The molecule has 1 aliphatic carbocycles. The summed E-state index contributed by atoms with van der Waals surface area (Å²) in [5, 5.41) is 41.9. The molecule has 12 heterocycles. The van der Waals surface area contributed by atoms with Crippen LogP contribution in [-0.4, -0.2) is 149 Å². The van der Waals surface area contributed by atoms with E-state index in [1.807, 2.05) is 39.6 Å². The smallest absolute Gasteiger partial charge is 0.226 e. The molecule has 5 aliphatic rings. The standard InChI is InChI=1S/C33H42N4O3.C32H38N4O.C31H38N4O2.C30H36N4O/c1-20-25(15-27(38)22-10-11-28(40-9)24(14-22)17-34)18-35-30-29(20)26(19-36(30)8)23-12-13-37(33(6,7)16-23)31(39)21(2)32(3,4)5;1-21-27(16-29(37)25-12-8-9-23(15-25)18-33)19-34-31-30(21)28(20-35(31)5)26-13-14-36(32(3,4)17-26)22(2)24-10-6-7-11-24;1-19(2)21(4)35-12-11-23(15-31(35,5)6)26-18-34(7)30-29(26)20(3)25(17-33-30)14-27(36)22-9-10-28(37-8)24(13-22)16-32;1-19(2)21(4)34-12-11-24(15-30(34,5)6)26-18-33(7)29-28(26)20(3)25(17-32-29)14-27(35)23-10-8-9-22(13-23)16-31/h10-11,14,18-19,21,23H,12-13,15-16H2,1-9H3;8-9,12,15,19-20,24,26H,2,6-7,10-11,13-14,16-17H2,1,3-5H3;9-10,13,17-19,23H,4,11-12,14-15H2,1-3,5-8H3;8-10,13,17-19,24H,4,11-12,14-15H2,1-3,5-7H3/t21-,23+;26-;23-;24-/m0111/s1. The van der Waals surface area contributed by atoms with Crippen molar-refractivity contribution in [2.24, 2.45) is 57.3 Å². The number of aromatic nitrogens is 8. The van der Waals surface area contributed by atoms with Gasteiger partial charge in [0, 0.05) is 219 Å². The van der Waals surface area contributed by atoms with Crippen molar-refractivity contribution < 1.29 is 33.4 Å². The van der Waals surface area contributed by atoms with Crippen molar-refractivity contribution in [3.8, 4) is 35.8 Å². The zero-order valence-corrected chi connectivity index (χ0v) is 93.1. The number of piperidine rings is 4. The molecule has 23 heteroatoms. The van der Waals surface area contributed by atoms with Gasteiger partial charge < -0.3 is 47.3 Å². The van der Waals surface area contributed by atoms with Crippen LogP contribution >= 0.6 is 0 Å². The molecule has 149 heavy (non-hydrogen) atoms. The van der Waals surface area contributed by atoms with Crippen LogP contribution in [-0.2, 0) is 58.7 Å². The number of hydrogen-bond acceptors (Lipinski definition) is 18. The Kier molecular flexibility index (Phi) is 33.3. The van der Waals surface area contributed by atoms with Crippen molar-refractivity contribution in [2.45, 2.75) is 287 Å². The molecule has 5 fully saturated rings. The number of rotatable bonds is 25. The number of allylic oxidation sites excluding steroid dienone is 3. The third-order valence-corrected chi connectivity index (χ3v) is 33.4. The van der Waals surface area contributed by atoms with Gasteiger partial charge in [-0.05, 0) is 322 Å². The van der Waals surface area contributed by atoms with E-state index in [0.717, 1.165) is 155 Å². The topological polar surface area (TPSA) is 283 Å². The van der Waals surface area contributed by atoms with Gasteiger partial charge in [0.2, 0.25) is 5.91 Å². The van der Waals surface area contributed by atoms with E-state index in [0.29, 0.717) is 91.5 Å². The van der Waals surface area contributed by atoms with Crippen molar-refractivity contribution in [3.63, 3.8) is 0 Å². The average Bonchev–Trinajstić information content (AvgIpc) is 1.63. The van der Waals surface area contributed by atoms with E-state index in [4.69, 9.17) is 29.4 Å². The fourth-order valence-corrected chi connectivity index (χ4v) is 24.2. The summed E-state index contributed by atoms with van der Waals surface area (Å²) in [5.41, 5.74) is 24.5. The molecular weight excluding hydrogens is 1850 g/mol. The van der Waals surface area contributed by atoms with Crippen LogP contribution in [0, 0.1) is 102 Å². The van der Waals surface area contributed by atoms with E-state index < -0.39 is 0 Å². The number of nitriles is 4. The number of carbonyl (C=O) groups is 5. The first kappa shape index (κ1) is 111. The lowest BCUT2D eigenvalue weighted by molar-refractivity contribution is -0.146. The number of amides is 1. The number of likely N-dealkylation sites (tertiary alicyclic amines) is 4. The molecule has 4 saturated heterocycles. The van der Waals surface area contributed by atoms with Crippen LogP contribution in [0.1, 0.15) is 342 Å². The van der Waals surface area contributed by atoms with Gasteiger partial charge in [-0.15, -0.1) is 0 Å². The molecule has 0 N–H and O–H groups in total. The van der Waals surface area contributed by atoms with Gasteiger partial charge in [-0.25, -0.2) is 19.9 Å². The van der Waals surface area contributed by atoms with Gasteiger partial charge in [0.05, 0.1) is 48.6 Å². The summed E-state index contributed by atoms with van der Waals surface area (Å²) in [6.45, 7) is 61.1. The number of carbonyl (C=O) groups excluding carboxylic acids is 5. The highest BCUT2D eigenvalue weighted by Crippen LogP contribution is 2.51. The van der Waals surface area contributed by atoms with E-state index in [-0.39, 0.29) is 94.1 Å². The van der Waals surface area contributed by atoms with Crippen molar-refractivity contribution in [2.75, 3.05) is 40.4 Å². The molecule has 0 spiro atoms. The van der Waals surface area contributed by atoms with Crippen molar-refractivity contribution in [3.05, 3.63) is 283 Å². The van der Waals surface area contributed by atoms with Gasteiger partial charge in [0.1, 0.15) is 46.2 Å². The SMILES string of the molecule is C=C(C(C)C)N1CC[C@@H](c2cn(C)c3ncc(CC(=O)c4ccc(OC)c(C#N)c4)c(C)c23)CC1(C)C.C=C(C(C)C)N1CC[C@@H](c2cn(C)c3ncc(CC(=O)c4cccc(C#N)c4)c(C)c23)CC1(C)C.C=C(C1CCCC1)N1CC[C@@H](c2cn(C)c3ncc(CC(=O)c4cccc(C#N)c4)c(C)c23)CC1(C)C.COc1ccc(C(=O)Cc2cnc3c(c([C@@H]4CCN(C(=O)[C@H](C)C(C)(C)C)C(C)(C)C4)cn3C)c2C)cc1C#N. The molecule has 5 atom stereocenters. The summed E-state index contributed by atoms with van der Waals surface area (Å²) in [6.07, 6.45) is 30.5. The number of ketones is 4. The molecule has 4 aromatic carbocycles. The highest BCUT2D eigenvalue weighted by Gasteiger charge is 2.46. The van der Waals surface area contributed by atoms with Gasteiger partial charge in [-0.3, -0.25) is 24.0 Å². The van der Waals surface area contributed by atoms with Crippen LogP contribution in [0.25, 0.3) is 44.1 Å². The monoisotopic (exact) mass is 2000 g/mol. The fourth-order valence-electron chi connectivity index (χ4n) is 24.2. The molecular formula is C126H154N16O7. The van der Waals surface area contributed by atoms with Crippen LogP contribution in [0.5, 0.6) is 11.5 Å². The molecule has 0 unspecified atom stereocenters. The summed E-state index contributed by atoms with van der Waals surface area (Å²) in [7, 11) is 11.2. The van der Waals surface area contributed by atoms with Crippen molar-refractivity contribution in [1.29, 1.82) is 21.0 Å². The highest BCUT2D eigenvalue weighted by molar-refractivity contribution is 6.02. The Morgan fingerprint density at radius 3 is 0.946 bits per heavy atom. The summed E-state index contributed by atoms with van der Waals surface area (Å²) in [6, 6.07) is 32.3. The maximum atomic E-state index is 13.5. The third kappa shape index (κ3) is 23.2. The number of benzene rings is 4. The van der Waals surface area contributed by atoms with Crippen LogP contribution in [0.15, 0.2) is 171 Å². The quantitative estimate of drug-likeness (QED) is 0.0480. The Morgan fingerprint density at radius 2 is 0.685 bits per heavy atom. The maximum Gasteiger partial charge on any atom is 0.226 e. The first-order valence-electron chi connectivity index (χ1n) is 53.1. The number of hydrogen-bond donors (Lipinski definition) is 0. The van der Waals surface area contributed by atoms with Crippen LogP contribution in [0.4, 0.5) is 0 Å². The lowest BCUT2D eigenvalue weighted by atomic mass is 9.76. The minimum absolute atomic E-state index is 0.00507. The van der Waals surface area contributed by atoms with Crippen LogP contribution in [0.3, 0.4) is 0 Å². The van der Waals surface area contributed by atoms with Crippen molar-refractivity contribution >= 4 is 73.2 Å². The second-order valence-electron chi connectivity index (χ2n) is 46.9. The number of aryl methyl sites for hydroxylation is 8. The van der Waals surface area contributed by atoms with Gasteiger partial charge in [0.15, 0.2) is 23.1 Å². The maximum absolute atomic E-state index is 13.5. The van der Waals surface area contributed by atoms with E-state index in [1.165, 1.54) is 90.0 Å². The van der Waals surface area contributed by atoms with E-state index in [1.54, 1.807) is 91.1 Å².